The first kappa shape index (κ1) is 14.5. The van der Waals surface area contributed by atoms with Crippen LogP contribution in [0.3, 0.4) is 0 Å². The summed E-state index contributed by atoms with van der Waals surface area (Å²) in [6, 6.07) is 0. The summed E-state index contributed by atoms with van der Waals surface area (Å²) in [7, 11) is 0. The number of nitrogens with one attached hydrogen (secondary N) is 1. The van der Waals surface area contributed by atoms with Crippen molar-refractivity contribution in [3.05, 3.63) is 0 Å². The van der Waals surface area contributed by atoms with E-state index < -0.39 is 29.2 Å². The van der Waals surface area contributed by atoms with E-state index in [-0.39, 0.29) is 6.54 Å². The SMILES string of the molecule is CC(CNC(=O)C1(C(=O)O)CCCCC1)C(=O)O. The van der Waals surface area contributed by atoms with Gasteiger partial charge in [0.2, 0.25) is 5.91 Å². The van der Waals surface area contributed by atoms with E-state index in [0.717, 1.165) is 6.42 Å². The molecule has 0 aromatic rings. The van der Waals surface area contributed by atoms with Crippen molar-refractivity contribution in [3.63, 3.8) is 0 Å². The van der Waals surface area contributed by atoms with Gasteiger partial charge in [0.05, 0.1) is 5.92 Å². The molecule has 1 aliphatic rings. The first-order valence-corrected chi connectivity index (χ1v) is 6.14. The molecule has 0 spiro atoms. The highest BCUT2D eigenvalue weighted by molar-refractivity contribution is 6.02. The van der Waals surface area contributed by atoms with Crippen molar-refractivity contribution in [2.24, 2.45) is 11.3 Å². The monoisotopic (exact) mass is 257 g/mol. The third kappa shape index (κ3) is 3.00. The molecule has 1 amide bonds. The van der Waals surface area contributed by atoms with Crippen molar-refractivity contribution in [2.75, 3.05) is 6.54 Å². The van der Waals surface area contributed by atoms with Gasteiger partial charge in [-0.15, -0.1) is 0 Å². The molecule has 0 aromatic heterocycles. The maximum atomic E-state index is 12.0. The third-order valence-electron chi connectivity index (χ3n) is 3.54. The Hall–Kier alpha value is -1.59. The third-order valence-corrected chi connectivity index (χ3v) is 3.54. The van der Waals surface area contributed by atoms with E-state index in [9.17, 15) is 19.5 Å². The Balaban J connectivity index is 2.66. The summed E-state index contributed by atoms with van der Waals surface area (Å²) < 4.78 is 0. The number of carbonyl (C=O) groups excluding carboxylic acids is 1. The molecular formula is C12H19NO5. The average molecular weight is 257 g/mol. The number of amides is 1. The molecule has 1 rings (SSSR count). The standard InChI is InChI=1S/C12H19NO5/c1-8(9(14)15)7-13-10(16)12(11(17)18)5-3-2-4-6-12/h8H,2-7H2,1H3,(H,13,16)(H,14,15)(H,17,18). The predicted octanol–water partition coefficient (Wildman–Crippen LogP) is 0.858. The molecule has 6 nitrogen and oxygen atoms in total. The van der Waals surface area contributed by atoms with Crippen LogP contribution in [0.1, 0.15) is 39.0 Å². The minimum absolute atomic E-state index is 0.0385. The zero-order valence-corrected chi connectivity index (χ0v) is 10.4. The maximum Gasteiger partial charge on any atom is 0.319 e. The Morgan fingerprint density at radius 3 is 2.17 bits per heavy atom. The Labute approximate surface area is 105 Å². The Morgan fingerprint density at radius 1 is 1.17 bits per heavy atom. The van der Waals surface area contributed by atoms with Crippen LogP contribution in [0.5, 0.6) is 0 Å². The number of hydrogen-bond donors (Lipinski definition) is 3. The van der Waals surface area contributed by atoms with E-state index in [2.05, 4.69) is 5.32 Å². The molecule has 0 heterocycles. The summed E-state index contributed by atoms with van der Waals surface area (Å²) in [5, 5.41) is 20.4. The molecule has 0 aromatic carbocycles. The van der Waals surface area contributed by atoms with Crippen molar-refractivity contribution in [1.82, 2.24) is 5.32 Å². The Morgan fingerprint density at radius 2 is 1.72 bits per heavy atom. The quantitative estimate of drug-likeness (QED) is 0.634. The van der Waals surface area contributed by atoms with Crippen molar-refractivity contribution in [2.45, 2.75) is 39.0 Å². The summed E-state index contributed by atoms with van der Waals surface area (Å²) in [5.74, 6) is -3.39. The number of hydrogen-bond acceptors (Lipinski definition) is 3. The van der Waals surface area contributed by atoms with E-state index in [1.54, 1.807) is 0 Å². The van der Waals surface area contributed by atoms with Crippen molar-refractivity contribution < 1.29 is 24.6 Å². The Kier molecular flexibility index (Phi) is 4.69. The summed E-state index contributed by atoms with van der Waals surface area (Å²) in [6.45, 7) is 1.43. The number of rotatable bonds is 5. The van der Waals surface area contributed by atoms with Crippen LogP contribution in [0.25, 0.3) is 0 Å². The number of carbonyl (C=O) groups is 3. The Bertz CT molecular complexity index is 346. The van der Waals surface area contributed by atoms with Crippen LogP contribution in [0, 0.1) is 11.3 Å². The first-order valence-electron chi connectivity index (χ1n) is 6.14. The minimum Gasteiger partial charge on any atom is -0.481 e. The molecule has 1 aliphatic carbocycles. The number of carboxylic acid groups (broad SMARTS) is 2. The van der Waals surface area contributed by atoms with Gasteiger partial charge in [0.25, 0.3) is 0 Å². The van der Waals surface area contributed by atoms with Gasteiger partial charge in [-0.25, -0.2) is 0 Å². The van der Waals surface area contributed by atoms with Gasteiger partial charge in [-0.05, 0) is 12.8 Å². The molecule has 0 aliphatic heterocycles. The van der Waals surface area contributed by atoms with Crippen molar-refractivity contribution >= 4 is 17.8 Å². The lowest BCUT2D eigenvalue weighted by atomic mass is 9.73. The van der Waals surface area contributed by atoms with Crippen molar-refractivity contribution in [3.8, 4) is 0 Å². The topological polar surface area (TPSA) is 104 Å². The largest absolute Gasteiger partial charge is 0.481 e. The second-order valence-corrected chi connectivity index (χ2v) is 4.90. The van der Waals surface area contributed by atoms with E-state index in [1.807, 2.05) is 0 Å². The van der Waals surface area contributed by atoms with Gasteiger partial charge in [0.1, 0.15) is 5.41 Å². The highest BCUT2D eigenvalue weighted by atomic mass is 16.4. The summed E-state index contributed by atoms with van der Waals surface area (Å²) in [4.78, 5) is 34.0. The van der Waals surface area contributed by atoms with Gasteiger partial charge in [-0.1, -0.05) is 26.2 Å². The fourth-order valence-electron chi connectivity index (χ4n) is 2.20. The lowest BCUT2D eigenvalue weighted by Gasteiger charge is -2.31. The predicted molar refractivity (Wildman–Crippen MR) is 63.0 cm³/mol. The van der Waals surface area contributed by atoms with Crippen molar-refractivity contribution in [1.29, 1.82) is 0 Å². The molecule has 0 bridgehead atoms. The second kappa shape index (κ2) is 5.84. The average Bonchev–Trinajstić information content (AvgIpc) is 2.35. The highest BCUT2D eigenvalue weighted by Gasteiger charge is 2.46. The van der Waals surface area contributed by atoms with Crippen LogP contribution in [0.2, 0.25) is 0 Å². The summed E-state index contributed by atoms with van der Waals surface area (Å²) >= 11 is 0. The van der Waals surface area contributed by atoms with Gasteiger partial charge in [-0.3, -0.25) is 14.4 Å². The summed E-state index contributed by atoms with van der Waals surface area (Å²) in [6.07, 6.45) is 3.03. The maximum absolute atomic E-state index is 12.0. The van der Waals surface area contributed by atoms with E-state index >= 15 is 0 Å². The van der Waals surface area contributed by atoms with Gasteiger partial charge in [0, 0.05) is 6.54 Å². The lowest BCUT2D eigenvalue weighted by molar-refractivity contribution is -0.158. The van der Waals surface area contributed by atoms with Crippen LogP contribution in [0.15, 0.2) is 0 Å². The smallest absolute Gasteiger partial charge is 0.319 e. The van der Waals surface area contributed by atoms with Gasteiger partial charge in [0.15, 0.2) is 0 Å². The molecule has 1 unspecified atom stereocenters. The van der Waals surface area contributed by atoms with E-state index in [1.165, 1.54) is 6.92 Å². The fraction of sp³-hybridized carbons (Fsp3) is 0.750. The molecule has 0 radical (unpaired) electrons. The highest BCUT2D eigenvalue weighted by Crippen LogP contribution is 2.36. The summed E-state index contributed by atoms with van der Waals surface area (Å²) in [5.41, 5.74) is -1.36. The molecule has 0 saturated heterocycles. The van der Waals surface area contributed by atoms with Crippen LogP contribution in [-0.2, 0) is 14.4 Å². The molecule has 102 valence electrons. The van der Waals surface area contributed by atoms with E-state index in [0.29, 0.717) is 25.7 Å². The van der Waals surface area contributed by atoms with E-state index in [4.69, 9.17) is 5.11 Å². The molecule has 3 N–H and O–H groups in total. The van der Waals surface area contributed by atoms with Crippen LogP contribution in [0.4, 0.5) is 0 Å². The van der Waals surface area contributed by atoms with Crippen LogP contribution >= 0.6 is 0 Å². The fourth-order valence-corrected chi connectivity index (χ4v) is 2.20. The molecule has 1 atom stereocenters. The van der Waals surface area contributed by atoms with Crippen LogP contribution in [-0.4, -0.2) is 34.6 Å². The van der Waals surface area contributed by atoms with Gasteiger partial charge < -0.3 is 15.5 Å². The lowest BCUT2D eigenvalue weighted by Crippen LogP contribution is -2.49. The number of carboxylic acids is 2. The molecule has 6 heteroatoms. The zero-order valence-electron chi connectivity index (χ0n) is 10.4. The minimum atomic E-state index is -1.36. The number of aliphatic carboxylic acids is 2. The first-order chi connectivity index (χ1) is 8.40. The molecule has 1 saturated carbocycles. The van der Waals surface area contributed by atoms with Crippen LogP contribution < -0.4 is 5.32 Å². The molecule has 18 heavy (non-hydrogen) atoms. The zero-order chi connectivity index (χ0) is 13.8. The van der Waals surface area contributed by atoms with Gasteiger partial charge >= 0.3 is 11.9 Å². The molecular weight excluding hydrogens is 238 g/mol. The van der Waals surface area contributed by atoms with Gasteiger partial charge in [-0.2, -0.15) is 0 Å². The normalized spacial score (nSPS) is 19.8. The molecule has 1 fully saturated rings. The second-order valence-electron chi connectivity index (χ2n) is 4.90.